The number of sulfonamides is 1. The number of aromatic nitrogens is 1. The molecule has 1 aromatic heterocycles. The Morgan fingerprint density at radius 2 is 2.10 bits per heavy atom. The number of benzene rings is 1. The number of anilines is 2. The number of nitrogens with two attached hydrogens (primary N) is 1. The second-order valence-electron chi connectivity index (χ2n) is 3.80. The third kappa shape index (κ3) is 2.82. The van der Waals surface area contributed by atoms with Crippen molar-refractivity contribution < 1.29 is 8.42 Å². The van der Waals surface area contributed by atoms with Crippen LogP contribution in [0.5, 0.6) is 0 Å². The lowest BCUT2D eigenvalue weighted by Crippen LogP contribution is -2.15. The molecule has 20 heavy (non-hydrogen) atoms. The predicted molar refractivity (Wildman–Crippen MR) is 75.6 cm³/mol. The molecule has 0 amide bonds. The predicted octanol–water partition coefficient (Wildman–Crippen LogP) is 1.99. The molecule has 0 saturated carbocycles. The SMILES string of the molecule is N#Cc1ccc(Cl)c(S(=O)(=O)Nc2ncccc2N)c1. The minimum Gasteiger partial charge on any atom is -0.396 e. The van der Waals surface area contributed by atoms with E-state index >= 15 is 0 Å². The van der Waals surface area contributed by atoms with Crippen molar-refractivity contribution in [3.05, 3.63) is 47.1 Å². The molecular weight excluding hydrogens is 300 g/mol. The first-order chi connectivity index (χ1) is 9.44. The number of hydrogen-bond acceptors (Lipinski definition) is 5. The quantitative estimate of drug-likeness (QED) is 0.901. The second kappa shape index (κ2) is 5.36. The van der Waals surface area contributed by atoms with Crippen molar-refractivity contribution in [2.24, 2.45) is 0 Å². The van der Waals surface area contributed by atoms with Crippen molar-refractivity contribution in [1.29, 1.82) is 5.26 Å². The lowest BCUT2D eigenvalue weighted by atomic mass is 10.2. The van der Waals surface area contributed by atoms with Crippen molar-refractivity contribution in [3.63, 3.8) is 0 Å². The van der Waals surface area contributed by atoms with Gasteiger partial charge in [-0.1, -0.05) is 11.6 Å². The van der Waals surface area contributed by atoms with E-state index in [2.05, 4.69) is 9.71 Å². The van der Waals surface area contributed by atoms with E-state index in [0.717, 1.165) is 0 Å². The molecule has 0 aliphatic heterocycles. The van der Waals surface area contributed by atoms with Crippen LogP contribution in [0.4, 0.5) is 11.5 Å². The summed E-state index contributed by atoms with van der Waals surface area (Å²) in [5, 5.41) is 8.82. The maximum Gasteiger partial charge on any atom is 0.264 e. The molecular formula is C12H9ClN4O2S. The number of nitriles is 1. The zero-order valence-electron chi connectivity index (χ0n) is 10.0. The Hall–Kier alpha value is -2.30. The molecule has 2 aromatic rings. The van der Waals surface area contributed by atoms with E-state index in [9.17, 15) is 8.42 Å². The molecule has 8 heteroatoms. The summed E-state index contributed by atoms with van der Waals surface area (Å²) in [6, 6.07) is 8.90. The molecule has 1 heterocycles. The molecule has 0 spiro atoms. The van der Waals surface area contributed by atoms with Crippen LogP contribution < -0.4 is 10.5 Å². The molecule has 0 aliphatic carbocycles. The van der Waals surface area contributed by atoms with Gasteiger partial charge in [-0.2, -0.15) is 5.26 Å². The van der Waals surface area contributed by atoms with Gasteiger partial charge in [0.05, 0.1) is 22.3 Å². The highest BCUT2D eigenvalue weighted by Gasteiger charge is 2.20. The molecule has 102 valence electrons. The molecule has 1 aromatic carbocycles. The van der Waals surface area contributed by atoms with Gasteiger partial charge < -0.3 is 5.73 Å². The summed E-state index contributed by atoms with van der Waals surface area (Å²) >= 11 is 5.86. The van der Waals surface area contributed by atoms with Gasteiger partial charge >= 0.3 is 0 Å². The van der Waals surface area contributed by atoms with E-state index in [1.54, 1.807) is 6.07 Å². The van der Waals surface area contributed by atoms with Gasteiger partial charge in [-0.05, 0) is 30.3 Å². The van der Waals surface area contributed by atoms with Crippen molar-refractivity contribution in [1.82, 2.24) is 4.98 Å². The number of pyridine rings is 1. The van der Waals surface area contributed by atoms with E-state index in [1.165, 1.54) is 30.5 Å². The first-order valence-electron chi connectivity index (χ1n) is 5.37. The van der Waals surface area contributed by atoms with E-state index in [4.69, 9.17) is 22.6 Å². The average molecular weight is 309 g/mol. The van der Waals surface area contributed by atoms with Crippen molar-refractivity contribution in [2.45, 2.75) is 4.90 Å². The molecule has 2 rings (SSSR count). The number of nitrogens with one attached hydrogen (secondary N) is 1. The molecule has 6 nitrogen and oxygen atoms in total. The first-order valence-corrected chi connectivity index (χ1v) is 7.23. The molecule has 0 unspecified atom stereocenters. The van der Waals surface area contributed by atoms with Crippen LogP contribution in [-0.2, 0) is 10.0 Å². The maximum atomic E-state index is 12.2. The molecule has 0 saturated heterocycles. The Morgan fingerprint density at radius 3 is 2.75 bits per heavy atom. The van der Waals surface area contributed by atoms with Gasteiger partial charge in [-0.3, -0.25) is 4.72 Å². The molecule has 0 fully saturated rings. The Labute approximate surface area is 120 Å². The third-order valence-electron chi connectivity index (χ3n) is 2.42. The van der Waals surface area contributed by atoms with Crippen LogP contribution in [0.25, 0.3) is 0 Å². The van der Waals surface area contributed by atoms with Gasteiger partial charge in [0.15, 0.2) is 5.82 Å². The fourth-order valence-corrected chi connectivity index (χ4v) is 3.03. The van der Waals surface area contributed by atoms with Crippen LogP contribution in [0.15, 0.2) is 41.4 Å². The summed E-state index contributed by atoms with van der Waals surface area (Å²) in [6.45, 7) is 0. The van der Waals surface area contributed by atoms with E-state index in [1.807, 2.05) is 6.07 Å². The topological polar surface area (TPSA) is 109 Å². The number of hydrogen-bond donors (Lipinski definition) is 2. The Balaban J connectivity index is 2.47. The van der Waals surface area contributed by atoms with E-state index in [-0.39, 0.29) is 27.0 Å². The first kappa shape index (κ1) is 14.1. The van der Waals surface area contributed by atoms with Crippen LogP contribution in [0.3, 0.4) is 0 Å². The number of rotatable bonds is 3. The van der Waals surface area contributed by atoms with Crippen LogP contribution in [0, 0.1) is 11.3 Å². The zero-order valence-corrected chi connectivity index (χ0v) is 11.6. The van der Waals surface area contributed by atoms with Gasteiger partial charge in [-0.15, -0.1) is 0 Å². The van der Waals surface area contributed by atoms with Gasteiger partial charge in [0.2, 0.25) is 0 Å². The number of halogens is 1. The Bertz CT molecular complexity index is 799. The largest absolute Gasteiger partial charge is 0.396 e. The Morgan fingerprint density at radius 1 is 1.35 bits per heavy atom. The van der Waals surface area contributed by atoms with Crippen molar-refractivity contribution in [3.8, 4) is 6.07 Å². The molecule has 0 atom stereocenters. The van der Waals surface area contributed by atoms with Gasteiger partial charge in [0, 0.05) is 6.20 Å². The van der Waals surface area contributed by atoms with Gasteiger partial charge in [0.25, 0.3) is 10.0 Å². The summed E-state index contributed by atoms with van der Waals surface area (Å²) in [4.78, 5) is 3.63. The summed E-state index contributed by atoms with van der Waals surface area (Å²) in [5.41, 5.74) is 5.99. The smallest absolute Gasteiger partial charge is 0.264 e. The fraction of sp³-hybridized carbons (Fsp3) is 0. The summed E-state index contributed by atoms with van der Waals surface area (Å²) in [5.74, 6) is 0.00549. The zero-order chi connectivity index (χ0) is 14.8. The maximum absolute atomic E-state index is 12.2. The monoisotopic (exact) mass is 308 g/mol. The van der Waals surface area contributed by atoms with Crippen molar-refractivity contribution >= 4 is 33.1 Å². The highest BCUT2D eigenvalue weighted by molar-refractivity contribution is 7.92. The molecule has 3 N–H and O–H groups in total. The summed E-state index contributed by atoms with van der Waals surface area (Å²) in [6.07, 6.45) is 1.40. The van der Waals surface area contributed by atoms with E-state index < -0.39 is 10.0 Å². The van der Waals surface area contributed by atoms with Gasteiger partial charge in [0.1, 0.15) is 4.90 Å². The summed E-state index contributed by atoms with van der Waals surface area (Å²) < 4.78 is 26.7. The second-order valence-corrected chi connectivity index (χ2v) is 5.86. The highest BCUT2D eigenvalue weighted by Crippen LogP contribution is 2.25. The van der Waals surface area contributed by atoms with Crippen LogP contribution in [-0.4, -0.2) is 13.4 Å². The lowest BCUT2D eigenvalue weighted by Gasteiger charge is -2.10. The van der Waals surface area contributed by atoms with Crippen LogP contribution in [0.2, 0.25) is 5.02 Å². The molecule has 0 aliphatic rings. The Kier molecular flexibility index (Phi) is 3.79. The molecule has 0 radical (unpaired) electrons. The summed E-state index contributed by atoms with van der Waals surface area (Å²) in [7, 11) is -3.97. The molecule has 0 bridgehead atoms. The van der Waals surface area contributed by atoms with E-state index in [0.29, 0.717) is 0 Å². The number of nitrogen functional groups attached to an aromatic ring is 1. The standard InChI is InChI=1S/C12H9ClN4O2S/c13-9-4-3-8(7-14)6-11(9)20(18,19)17-12-10(15)2-1-5-16-12/h1-6H,15H2,(H,16,17). The third-order valence-corrected chi connectivity index (χ3v) is 4.24. The van der Waals surface area contributed by atoms with Crippen LogP contribution >= 0.6 is 11.6 Å². The normalized spacial score (nSPS) is 10.8. The fourth-order valence-electron chi connectivity index (χ4n) is 1.46. The van der Waals surface area contributed by atoms with Crippen LogP contribution in [0.1, 0.15) is 5.56 Å². The minimum atomic E-state index is -3.97. The van der Waals surface area contributed by atoms with Gasteiger partial charge in [-0.25, -0.2) is 13.4 Å². The van der Waals surface area contributed by atoms with Crippen molar-refractivity contribution in [2.75, 3.05) is 10.5 Å². The lowest BCUT2D eigenvalue weighted by molar-refractivity contribution is 0.601. The number of nitrogens with zero attached hydrogens (tertiary/aromatic N) is 2. The average Bonchev–Trinajstić information content (AvgIpc) is 2.41. The highest BCUT2D eigenvalue weighted by atomic mass is 35.5. The minimum absolute atomic E-state index is 0.00549.